The molecule has 0 spiro atoms. The number of amides is 1. The lowest BCUT2D eigenvalue weighted by molar-refractivity contribution is 0.0876. The summed E-state index contributed by atoms with van der Waals surface area (Å²) in [5, 5.41) is 9.36. The number of para-hydroxylation sites is 1. The van der Waals surface area contributed by atoms with Crippen LogP contribution in [-0.2, 0) is 10.0 Å². The van der Waals surface area contributed by atoms with E-state index in [9.17, 15) is 13.2 Å². The first-order chi connectivity index (χ1) is 16.5. The zero-order chi connectivity index (χ0) is 23.7. The topological polar surface area (TPSA) is 94.4 Å². The van der Waals surface area contributed by atoms with E-state index in [1.165, 1.54) is 23.9 Å². The van der Waals surface area contributed by atoms with Crippen molar-refractivity contribution in [2.75, 3.05) is 19.4 Å². The smallest absolute Gasteiger partial charge is 0.269 e. The van der Waals surface area contributed by atoms with E-state index in [0.717, 1.165) is 21.3 Å². The van der Waals surface area contributed by atoms with Crippen LogP contribution in [0, 0.1) is 0 Å². The van der Waals surface area contributed by atoms with Crippen LogP contribution in [0.1, 0.15) is 10.4 Å². The van der Waals surface area contributed by atoms with Gasteiger partial charge in [0.25, 0.3) is 15.9 Å². The lowest BCUT2D eigenvalue weighted by Gasteiger charge is -2.15. The summed E-state index contributed by atoms with van der Waals surface area (Å²) >= 11 is 1.34. The normalized spacial score (nSPS) is 14.3. The highest BCUT2D eigenvalue weighted by Gasteiger charge is 2.40. The molecular formula is C24H20N4O4S2. The molecular weight excluding hydrogens is 472 g/mol. The van der Waals surface area contributed by atoms with E-state index in [1.807, 2.05) is 59.2 Å². The van der Waals surface area contributed by atoms with Gasteiger partial charge in [-0.1, -0.05) is 42.1 Å². The molecule has 0 fully saturated rings. The van der Waals surface area contributed by atoms with Crippen molar-refractivity contribution in [3.63, 3.8) is 0 Å². The Morgan fingerprint density at radius 3 is 2.32 bits per heavy atom. The van der Waals surface area contributed by atoms with Crippen molar-refractivity contribution in [2.45, 2.75) is 10.1 Å². The lowest BCUT2D eigenvalue weighted by Crippen LogP contribution is -2.32. The fraction of sp³-hybridized carbons (Fsp3) is 0.125. The molecule has 0 saturated carbocycles. The first-order valence-electron chi connectivity index (χ1n) is 10.4. The predicted molar refractivity (Wildman–Crippen MR) is 129 cm³/mol. The van der Waals surface area contributed by atoms with Crippen LogP contribution in [0.25, 0.3) is 17.1 Å². The van der Waals surface area contributed by atoms with Gasteiger partial charge in [-0.25, -0.2) is 12.7 Å². The fourth-order valence-corrected chi connectivity index (χ4v) is 6.33. The van der Waals surface area contributed by atoms with Crippen molar-refractivity contribution in [2.24, 2.45) is 0 Å². The Balaban J connectivity index is 1.41. The van der Waals surface area contributed by atoms with E-state index in [1.54, 1.807) is 19.2 Å². The molecule has 172 valence electrons. The van der Waals surface area contributed by atoms with Gasteiger partial charge in [0.2, 0.25) is 0 Å². The monoisotopic (exact) mass is 492 g/mol. The largest absolute Gasteiger partial charge is 0.497 e. The molecule has 0 saturated heterocycles. The third-order valence-corrected chi connectivity index (χ3v) is 8.18. The van der Waals surface area contributed by atoms with Crippen LogP contribution in [0.2, 0.25) is 0 Å². The number of nitrogens with zero attached hydrogens (tertiary/aromatic N) is 4. The van der Waals surface area contributed by atoms with Crippen molar-refractivity contribution in [3.8, 4) is 22.8 Å². The third kappa shape index (κ3) is 3.84. The van der Waals surface area contributed by atoms with E-state index >= 15 is 0 Å². The minimum absolute atomic E-state index is 0.0278. The third-order valence-electron chi connectivity index (χ3n) is 5.43. The molecule has 8 nitrogen and oxygen atoms in total. The van der Waals surface area contributed by atoms with Gasteiger partial charge in [0.1, 0.15) is 10.6 Å². The maximum Gasteiger partial charge on any atom is 0.269 e. The average molecular weight is 493 g/mol. The number of hydrogen-bond acceptors (Lipinski definition) is 7. The van der Waals surface area contributed by atoms with Crippen LogP contribution in [-0.4, -0.2) is 52.8 Å². The van der Waals surface area contributed by atoms with Gasteiger partial charge in [0.15, 0.2) is 11.0 Å². The molecule has 2 heterocycles. The van der Waals surface area contributed by atoms with Gasteiger partial charge in [-0.2, -0.15) is 0 Å². The van der Waals surface area contributed by atoms with Crippen molar-refractivity contribution in [1.82, 2.24) is 19.1 Å². The number of ether oxygens (including phenoxy) is 1. The molecule has 1 aliphatic rings. The Labute approximate surface area is 201 Å². The SMILES string of the molecule is COc1ccc(-c2nnc(SCCN3C(=O)c4ccccc4S3(=O)=O)n2-c2ccccc2)cc1. The highest BCUT2D eigenvalue weighted by Crippen LogP contribution is 2.32. The molecule has 0 unspecified atom stereocenters. The molecule has 3 aromatic carbocycles. The molecule has 1 aromatic heterocycles. The van der Waals surface area contributed by atoms with Crippen molar-refractivity contribution >= 4 is 27.7 Å². The van der Waals surface area contributed by atoms with Crippen LogP contribution < -0.4 is 4.74 Å². The highest BCUT2D eigenvalue weighted by atomic mass is 32.2. The molecule has 0 radical (unpaired) electrons. The lowest BCUT2D eigenvalue weighted by atomic mass is 10.2. The van der Waals surface area contributed by atoms with E-state index in [4.69, 9.17) is 4.74 Å². The highest BCUT2D eigenvalue weighted by molar-refractivity contribution is 7.99. The molecule has 0 aliphatic carbocycles. The van der Waals surface area contributed by atoms with Crippen LogP contribution >= 0.6 is 11.8 Å². The minimum Gasteiger partial charge on any atom is -0.497 e. The average Bonchev–Trinajstić information content (AvgIpc) is 3.38. The summed E-state index contributed by atoms with van der Waals surface area (Å²) in [6, 6.07) is 23.5. The standard InChI is InChI=1S/C24H20N4O4S2/c1-32-19-13-11-17(12-14-19)22-25-26-24(28(22)18-7-3-2-4-8-18)33-16-15-27-23(29)20-9-5-6-10-21(20)34(27,30)31/h2-14H,15-16H2,1H3. The summed E-state index contributed by atoms with van der Waals surface area (Å²) < 4.78 is 33.7. The number of carbonyl (C=O) groups excluding carboxylic acids is 1. The number of carbonyl (C=O) groups is 1. The quantitative estimate of drug-likeness (QED) is 0.361. The van der Waals surface area contributed by atoms with Crippen molar-refractivity contribution < 1.29 is 17.9 Å². The predicted octanol–water partition coefficient (Wildman–Crippen LogP) is 3.88. The Bertz CT molecular complexity index is 1450. The molecule has 1 amide bonds. The Kier molecular flexibility index (Phi) is 5.84. The Morgan fingerprint density at radius 1 is 0.912 bits per heavy atom. The molecule has 0 bridgehead atoms. The number of methoxy groups -OCH3 is 1. The molecule has 34 heavy (non-hydrogen) atoms. The number of aromatic nitrogens is 3. The summed E-state index contributed by atoms with van der Waals surface area (Å²) in [4.78, 5) is 12.7. The summed E-state index contributed by atoms with van der Waals surface area (Å²) in [7, 11) is -2.23. The van der Waals surface area contributed by atoms with Gasteiger partial charge < -0.3 is 4.74 Å². The number of thioether (sulfide) groups is 1. The van der Waals surface area contributed by atoms with Gasteiger partial charge in [-0.05, 0) is 48.5 Å². The number of rotatable bonds is 7. The van der Waals surface area contributed by atoms with Gasteiger partial charge >= 0.3 is 0 Å². The Hall–Kier alpha value is -3.63. The minimum atomic E-state index is -3.84. The van der Waals surface area contributed by atoms with E-state index in [-0.39, 0.29) is 17.0 Å². The first kappa shape index (κ1) is 22.2. The van der Waals surface area contributed by atoms with Crippen LogP contribution in [0.4, 0.5) is 0 Å². The molecule has 1 aliphatic heterocycles. The van der Waals surface area contributed by atoms with Crippen LogP contribution in [0.5, 0.6) is 5.75 Å². The molecule has 5 rings (SSSR count). The molecule has 10 heteroatoms. The van der Waals surface area contributed by atoms with Crippen LogP contribution in [0.3, 0.4) is 0 Å². The van der Waals surface area contributed by atoms with Gasteiger partial charge in [0, 0.05) is 23.5 Å². The fourth-order valence-electron chi connectivity index (χ4n) is 3.77. The molecule has 0 atom stereocenters. The summed E-state index contributed by atoms with van der Waals surface area (Å²) in [5.74, 6) is 1.21. The first-order valence-corrected chi connectivity index (χ1v) is 12.9. The summed E-state index contributed by atoms with van der Waals surface area (Å²) in [6.45, 7) is 0.0278. The number of sulfonamides is 1. The second-order valence-corrected chi connectivity index (χ2v) is 10.3. The molecule has 4 aromatic rings. The van der Waals surface area contributed by atoms with Crippen molar-refractivity contribution in [3.05, 3.63) is 84.4 Å². The van der Waals surface area contributed by atoms with Gasteiger partial charge in [-0.15, -0.1) is 10.2 Å². The number of hydrogen-bond donors (Lipinski definition) is 0. The number of benzene rings is 3. The maximum absolute atomic E-state index is 12.8. The van der Waals surface area contributed by atoms with Crippen molar-refractivity contribution in [1.29, 1.82) is 0 Å². The summed E-state index contributed by atoms with van der Waals surface area (Å²) in [5.41, 5.74) is 1.94. The molecule has 0 N–H and O–H groups in total. The van der Waals surface area contributed by atoms with Gasteiger partial charge in [-0.3, -0.25) is 9.36 Å². The van der Waals surface area contributed by atoms with E-state index in [0.29, 0.717) is 16.7 Å². The zero-order valence-corrected chi connectivity index (χ0v) is 19.8. The maximum atomic E-state index is 12.8. The second kappa shape index (κ2) is 8.96. The zero-order valence-electron chi connectivity index (χ0n) is 18.2. The number of fused-ring (bicyclic) bond motifs is 1. The van der Waals surface area contributed by atoms with Crippen LogP contribution in [0.15, 0.2) is 88.9 Å². The summed E-state index contributed by atoms with van der Waals surface area (Å²) in [6.07, 6.45) is 0. The van der Waals surface area contributed by atoms with E-state index < -0.39 is 15.9 Å². The van der Waals surface area contributed by atoms with E-state index in [2.05, 4.69) is 10.2 Å². The second-order valence-electron chi connectivity index (χ2n) is 7.43. The Morgan fingerprint density at radius 2 is 1.62 bits per heavy atom. The van der Waals surface area contributed by atoms with Gasteiger partial charge in [0.05, 0.1) is 12.7 Å².